The first kappa shape index (κ1) is 13.5. The molecule has 1 aromatic heterocycles. The molecule has 0 radical (unpaired) electrons. The molecule has 0 atom stereocenters. The largest absolute Gasteiger partial charge is 0.340 e. The highest BCUT2D eigenvalue weighted by atomic mass is 35.5. The van der Waals surface area contributed by atoms with Gasteiger partial charge in [-0.25, -0.2) is 20.2 Å². The average Bonchev–Trinajstić information content (AvgIpc) is 2.42. The maximum Gasteiger partial charge on any atom is 0.145 e. The molecule has 100 valence electrons. The predicted molar refractivity (Wildman–Crippen MR) is 73.9 cm³/mol. The SMILES string of the molecule is CCc1nc(NN)cc(Nc2ccc(F)c(Cl)c2)n1. The van der Waals surface area contributed by atoms with Crippen LogP contribution in [0.2, 0.25) is 5.02 Å². The minimum atomic E-state index is -0.464. The molecule has 19 heavy (non-hydrogen) atoms. The van der Waals surface area contributed by atoms with Crippen LogP contribution in [-0.4, -0.2) is 9.97 Å². The minimum Gasteiger partial charge on any atom is -0.340 e. The number of nitrogen functional groups attached to an aromatic ring is 1. The van der Waals surface area contributed by atoms with Crippen LogP contribution in [0.25, 0.3) is 0 Å². The van der Waals surface area contributed by atoms with E-state index in [1.165, 1.54) is 12.1 Å². The number of aryl methyl sites for hydroxylation is 1. The van der Waals surface area contributed by atoms with Gasteiger partial charge in [-0.05, 0) is 18.2 Å². The van der Waals surface area contributed by atoms with E-state index in [9.17, 15) is 4.39 Å². The van der Waals surface area contributed by atoms with Gasteiger partial charge in [-0.2, -0.15) is 0 Å². The van der Waals surface area contributed by atoms with Gasteiger partial charge in [0.05, 0.1) is 5.02 Å². The molecule has 2 rings (SSSR count). The molecule has 4 N–H and O–H groups in total. The van der Waals surface area contributed by atoms with Gasteiger partial charge in [-0.1, -0.05) is 18.5 Å². The molecule has 2 aromatic rings. The summed E-state index contributed by atoms with van der Waals surface area (Å²) in [6, 6.07) is 6.00. The Morgan fingerprint density at radius 1 is 1.26 bits per heavy atom. The van der Waals surface area contributed by atoms with Crippen molar-refractivity contribution < 1.29 is 4.39 Å². The van der Waals surface area contributed by atoms with Gasteiger partial charge in [0.1, 0.15) is 23.3 Å². The number of nitrogens with zero attached hydrogens (tertiary/aromatic N) is 2. The molecule has 7 heteroatoms. The summed E-state index contributed by atoms with van der Waals surface area (Å²) < 4.78 is 13.1. The fourth-order valence-electron chi connectivity index (χ4n) is 1.51. The zero-order valence-corrected chi connectivity index (χ0v) is 11.0. The summed E-state index contributed by atoms with van der Waals surface area (Å²) in [5.74, 6) is 6.58. The molecule has 0 saturated heterocycles. The van der Waals surface area contributed by atoms with E-state index in [0.717, 1.165) is 0 Å². The molecule has 0 fully saturated rings. The van der Waals surface area contributed by atoms with Crippen molar-refractivity contribution in [3.8, 4) is 0 Å². The second-order valence-electron chi connectivity index (χ2n) is 3.81. The van der Waals surface area contributed by atoms with Crippen LogP contribution in [0.15, 0.2) is 24.3 Å². The Morgan fingerprint density at radius 2 is 2.00 bits per heavy atom. The Kier molecular flexibility index (Phi) is 4.13. The van der Waals surface area contributed by atoms with Gasteiger partial charge >= 0.3 is 0 Å². The van der Waals surface area contributed by atoms with Crippen molar-refractivity contribution in [2.24, 2.45) is 5.84 Å². The van der Waals surface area contributed by atoms with Crippen LogP contribution < -0.4 is 16.6 Å². The van der Waals surface area contributed by atoms with Crippen LogP contribution in [0.3, 0.4) is 0 Å². The highest BCUT2D eigenvalue weighted by Crippen LogP contribution is 2.22. The summed E-state index contributed by atoms with van der Waals surface area (Å²) >= 11 is 5.72. The molecule has 0 aliphatic heterocycles. The van der Waals surface area contributed by atoms with Gasteiger partial charge in [0, 0.05) is 18.2 Å². The van der Waals surface area contributed by atoms with E-state index in [1.807, 2.05) is 6.92 Å². The summed E-state index contributed by atoms with van der Waals surface area (Å²) in [6.07, 6.45) is 0.675. The quantitative estimate of drug-likeness (QED) is 0.593. The van der Waals surface area contributed by atoms with E-state index in [0.29, 0.717) is 29.6 Å². The fraction of sp³-hybridized carbons (Fsp3) is 0.167. The van der Waals surface area contributed by atoms with Gasteiger partial charge in [-0.3, -0.25) is 0 Å². The lowest BCUT2D eigenvalue weighted by molar-refractivity contribution is 0.628. The number of nitrogens with two attached hydrogens (primary N) is 1. The van der Waals surface area contributed by atoms with Gasteiger partial charge in [0.15, 0.2) is 0 Å². The van der Waals surface area contributed by atoms with Crippen LogP contribution in [0.5, 0.6) is 0 Å². The average molecular weight is 282 g/mol. The zero-order chi connectivity index (χ0) is 13.8. The van der Waals surface area contributed by atoms with Crippen LogP contribution in [0.1, 0.15) is 12.7 Å². The number of anilines is 3. The molecule has 5 nitrogen and oxygen atoms in total. The highest BCUT2D eigenvalue weighted by Gasteiger charge is 2.05. The zero-order valence-electron chi connectivity index (χ0n) is 10.2. The van der Waals surface area contributed by atoms with Crippen molar-refractivity contribution in [3.63, 3.8) is 0 Å². The molecular weight excluding hydrogens is 269 g/mol. The van der Waals surface area contributed by atoms with E-state index in [1.54, 1.807) is 12.1 Å². The molecule has 0 spiro atoms. The van der Waals surface area contributed by atoms with Crippen molar-refractivity contribution in [2.75, 3.05) is 10.7 Å². The number of hydrogen-bond donors (Lipinski definition) is 3. The Balaban J connectivity index is 2.29. The third-order valence-corrected chi connectivity index (χ3v) is 2.72. The molecule has 0 amide bonds. The molecule has 1 heterocycles. The maximum atomic E-state index is 13.1. The van der Waals surface area contributed by atoms with Crippen molar-refractivity contribution >= 4 is 28.9 Å². The molecule has 0 aliphatic carbocycles. The number of hydrogen-bond acceptors (Lipinski definition) is 5. The van der Waals surface area contributed by atoms with E-state index in [2.05, 4.69) is 20.7 Å². The van der Waals surface area contributed by atoms with Gasteiger partial charge in [0.25, 0.3) is 0 Å². The van der Waals surface area contributed by atoms with E-state index >= 15 is 0 Å². The molecule has 0 unspecified atom stereocenters. The monoisotopic (exact) mass is 281 g/mol. The number of benzene rings is 1. The molecule has 0 saturated carbocycles. The lowest BCUT2D eigenvalue weighted by Gasteiger charge is -2.09. The summed E-state index contributed by atoms with van der Waals surface area (Å²) in [6.45, 7) is 1.94. The van der Waals surface area contributed by atoms with Gasteiger partial charge < -0.3 is 10.7 Å². The summed E-state index contributed by atoms with van der Waals surface area (Å²) in [5, 5.41) is 3.07. The summed E-state index contributed by atoms with van der Waals surface area (Å²) in [4.78, 5) is 8.46. The second kappa shape index (κ2) is 5.81. The maximum absolute atomic E-state index is 13.1. The second-order valence-corrected chi connectivity index (χ2v) is 4.21. The highest BCUT2D eigenvalue weighted by molar-refractivity contribution is 6.31. The van der Waals surface area contributed by atoms with Crippen LogP contribution >= 0.6 is 11.6 Å². The first-order chi connectivity index (χ1) is 9.12. The first-order valence-corrected chi connectivity index (χ1v) is 6.07. The summed E-state index contributed by atoms with van der Waals surface area (Å²) in [7, 11) is 0. The number of aromatic nitrogens is 2. The third-order valence-electron chi connectivity index (χ3n) is 2.43. The van der Waals surface area contributed by atoms with E-state index in [-0.39, 0.29) is 5.02 Å². The normalized spacial score (nSPS) is 10.3. The van der Waals surface area contributed by atoms with Gasteiger partial charge in [-0.15, -0.1) is 0 Å². The van der Waals surface area contributed by atoms with Crippen LogP contribution in [-0.2, 0) is 6.42 Å². The fourth-order valence-corrected chi connectivity index (χ4v) is 1.70. The minimum absolute atomic E-state index is 0.0481. The molecule has 1 aromatic carbocycles. The van der Waals surface area contributed by atoms with Crippen molar-refractivity contribution in [2.45, 2.75) is 13.3 Å². The van der Waals surface area contributed by atoms with Crippen molar-refractivity contribution in [1.82, 2.24) is 9.97 Å². The Morgan fingerprint density at radius 3 is 2.63 bits per heavy atom. The van der Waals surface area contributed by atoms with Gasteiger partial charge in [0.2, 0.25) is 0 Å². The van der Waals surface area contributed by atoms with Crippen LogP contribution in [0.4, 0.5) is 21.7 Å². The molecular formula is C12H13ClFN5. The predicted octanol–water partition coefficient (Wildman–Crippen LogP) is 2.86. The Hall–Kier alpha value is -1.92. The number of rotatable bonds is 4. The number of nitrogens with one attached hydrogen (secondary N) is 2. The summed E-state index contributed by atoms with van der Waals surface area (Å²) in [5.41, 5.74) is 3.11. The third kappa shape index (κ3) is 3.30. The molecule has 0 bridgehead atoms. The molecule has 0 aliphatic rings. The lowest BCUT2D eigenvalue weighted by Crippen LogP contribution is -2.11. The van der Waals surface area contributed by atoms with Crippen molar-refractivity contribution in [3.05, 3.63) is 40.9 Å². The van der Waals surface area contributed by atoms with Crippen molar-refractivity contribution in [1.29, 1.82) is 0 Å². The topological polar surface area (TPSA) is 75.9 Å². The lowest BCUT2D eigenvalue weighted by atomic mass is 10.3. The van der Waals surface area contributed by atoms with E-state index in [4.69, 9.17) is 17.4 Å². The van der Waals surface area contributed by atoms with E-state index < -0.39 is 5.82 Å². The Bertz CT molecular complexity index is 568. The smallest absolute Gasteiger partial charge is 0.145 e. The standard InChI is InChI=1S/C12H13ClFN5/c1-2-10-17-11(6-12(18-10)19-15)16-7-3-4-9(14)8(13)5-7/h3-6H,2,15H2,1H3,(H2,16,17,18,19). The first-order valence-electron chi connectivity index (χ1n) is 5.69. The van der Waals surface area contributed by atoms with Crippen LogP contribution in [0, 0.1) is 5.82 Å². The number of halogens is 2. The Labute approximate surface area is 115 Å². The number of hydrazine groups is 1.